The number of hydrogen-bond donors (Lipinski definition) is 2. The van der Waals surface area contributed by atoms with Crippen LogP contribution in [-0.4, -0.2) is 68.2 Å². The summed E-state index contributed by atoms with van der Waals surface area (Å²) >= 11 is 0.923. The van der Waals surface area contributed by atoms with E-state index in [0.717, 1.165) is 17.0 Å². The van der Waals surface area contributed by atoms with Gasteiger partial charge in [0.25, 0.3) is 5.91 Å². The maximum absolute atomic E-state index is 13.3. The SMILES string of the molecule is CCOP(=O)(OCC)c1nc2c(s1)c(C(N)=O)nn2CC(=O)N1CCC[C@H]1C(=O)Nc1cccc(C)n1. The van der Waals surface area contributed by atoms with Crippen molar-refractivity contribution >= 4 is 57.6 Å². The molecule has 4 heterocycles. The number of nitrogens with zero attached hydrogens (tertiary/aromatic N) is 5. The van der Waals surface area contributed by atoms with Gasteiger partial charge in [-0.2, -0.15) is 5.10 Å². The minimum atomic E-state index is -3.74. The molecule has 1 aliphatic rings. The van der Waals surface area contributed by atoms with Crippen molar-refractivity contribution in [2.45, 2.75) is 46.2 Å². The van der Waals surface area contributed by atoms with Crippen molar-refractivity contribution in [3.8, 4) is 0 Å². The van der Waals surface area contributed by atoms with Crippen molar-refractivity contribution in [1.82, 2.24) is 24.6 Å². The Morgan fingerprint density at radius 2 is 1.95 bits per heavy atom. The lowest BCUT2D eigenvalue weighted by Crippen LogP contribution is -2.44. The summed E-state index contributed by atoms with van der Waals surface area (Å²) in [7, 11) is -3.74. The Morgan fingerprint density at radius 3 is 2.59 bits per heavy atom. The van der Waals surface area contributed by atoms with Crippen molar-refractivity contribution in [2.75, 3.05) is 25.1 Å². The van der Waals surface area contributed by atoms with Gasteiger partial charge in [-0.15, -0.1) is 11.3 Å². The molecule has 0 unspecified atom stereocenters. The van der Waals surface area contributed by atoms with Gasteiger partial charge in [-0.05, 0) is 45.7 Å². The van der Waals surface area contributed by atoms with E-state index in [1.807, 2.05) is 13.0 Å². The summed E-state index contributed by atoms with van der Waals surface area (Å²) in [5, 5.41) is 6.95. The predicted molar refractivity (Wildman–Crippen MR) is 137 cm³/mol. The Labute approximate surface area is 216 Å². The molecule has 0 spiro atoms. The number of hydrogen-bond acceptors (Lipinski definition) is 10. The summed E-state index contributed by atoms with van der Waals surface area (Å²) in [5.41, 5.74) is 6.32. The summed E-state index contributed by atoms with van der Waals surface area (Å²) in [5.74, 6) is -1.13. The number of carbonyl (C=O) groups is 3. The Balaban J connectivity index is 1.59. The average Bonchev–Trinajstić information content (AvgIpc) is 3.56. The van der Waals surface area contributed by atoms with E-state index in [0.29, 0.717) is 25.2 Å². The Hall–Kier alpha value is -3.19. The third-order valence-corrected chi connectivity index (χ3v) is 9.21. The van der Waals surface area contributed by atoms with Gasteiger partial charge >= 0.3 is 7.60 Å². The summed E-state index contributed by atoms with van der Waals surface area (Å²) in [4.78, 5) is 48.4. The minimum absolute atomic E-state index is 0.0383. The van der Waals surface area contributed by atoms with Crippen molar-refractivity contribution < 1.29 is 28.0 Å². The lowest BCUT2D eigenvalue weighted by molar-refractivity contribution is -0.137. The molecule has 1 atom stereocenters. The van der Waals surface area contributed by atoms with Gasteiger partial charge in [0.2, 0.25) is 16.6 Å². The lowest BCUT2D eigenvalue weighted by atomic mass is 10.2. The number of anilines is 1. The van der Waals surface area contributed by atoms with Crippen molar-refractivity contribution in [3.63, 3.8) is 0 Å². The molecule has 1 fully saturated rings. The molecule has 3 N–H and O–H groups in total. The van der Waals surface area contributed by atoms with Gasteiger partial charge in [-0.1, -0.05) is 6.07 Å². The summed E-state index contributed by atoms with van der Waals surface area (Å²) in [6, 6.07) is 4.60. The average molecular weight is 550 g/mol. The minimum Gasteiger partial charge on any atom is -0.364 e. The van der Waals surface area contributed by atoms with Crippen LogP contribution < -0.4 is 15.8 Å². The second kappa shape index (κ2) is 11.1. The number of likely N-dealkylation sites (tertiary alicyclic amines) is 1. The van der Waals surface area contributed by atoms with Gasteiger partial charge in [-0.3, -0.25) is 18.9 Å². The molecule has 1 aliphatic heterocycles. The molecule has 3 amide bonds. The molecule has 37 heavy (non-hydrogen) atoms. The van der Waals surface area contributed by atoms with Crippen LogP contribution in [0.15, 0.2) is 18.2 Å². The Kier molecular flexibility index (Phi) is 8.02. The highest BCUT2D eigenvalue weighted by atomic mass is 32.1. The van der Waals surface area contributed by atoms with Gasteiger partial charge in [-0.25, -0.2) is 14.6 Å². The highest BCUT2D eigenvalue weighted by molar-refractivity contribution is 7.69. The molecule has 0 aliphatic carbocycles. The quantitative estimate of drug-likeness (QED) is 0.358. The Morgan fingerprint density at radius 1 is 1.22 bits per heavy atom. The zero-order valence-electron chi connectivity index (χ0n) is 20.7. The number of nitrogens with two attached hydrogens (primary N) is 1. The van der Waals surface area contributed by atoms with Crippen LogP contribution in [0.3, 0.4) is 0 Å². The van der Waals surface area contributed by atoms with Gasteiger partial charge < -0.3 is 25.0 Å². The maximum atomic E-state index is 13.3. The molecule has 15 heteroatoms. The molecule has 0 radical (unpaired) electrons. The van der Waals surface area contributed by atoms with Crippen LogP contribution in [0.5, 0.6) is 0 Å². The van der Waals surface area contributed by atoms with E-state index < -0.39 is 19.5 Å². The van der Waals surface area contributed by atoms with Crippen LogP contribution in [0.4, 0.5) is 5.82 Å². The van der Waals surface area contributed by atoms with E-state index in [1.165, 1.54) is 9.58 Å². The molecule has 0 bridgehead atoms. The monoisotopic (exact) mass is 549 g/mol. The molecule has 0 aromatic carbocycles. The summed E-state index contributed by atoms with van der Waals surface area (Å²) in [6.07, 6.45) is 1.15. The first-order valence-electron chi connectivity index (χ1n) is 11.8. The first-order chi connectivity index (χ1) is 17.7. The van der Waals surface area contributed by atoms with E-state index in [1.54, 1.807) is 26.0 Å². The molecule has 3 aromatic rings. The number of amides is 3. The van der Waals surface area contributed by atoms with Crippen LogP contribution >= 0.6 is 18.9 Å². The number of nitrogens with one attached hydrogen (secondary N) is 1. The number of aryl methyl sites for hydroxylation is 1. The predicted octanol–water partition coefficient (Wildman–Crippen LogP) is 1.82. The van der Waals surface area contributed by atoms with Gasteiger partial charge in [0.15, 0.2) is 11.3 Å². The number of rotatable bonds is 10. The van der Waals surface area contributed by atoms with Gasteiger partial charge in [0.1, 0.15) is 23.1 Å². The molecule has 4 rings (SSSR count). The number of carbonyl (C=O) groups excluding carboxylic acids is 3. The molecule has 3 aromatic heterocycles. The summed E-state index contributed by atoms with van der Waals surface area (Å²) in [6.45, 7) is 5.49. The lowest BCUT2D eigenvalue weighted by Gasteiger charge is -2.24. The van der Waals surface area contributed by atoms with E-state index in [4.69, 9.17) is 14.8 Å². The van der Waals surface area contributed by atoms with E-state index in [-0.39, 0.29) is 52.4 Å². The molecular weight excluding hydrogens is 521 g/mol. The van der Waals surface area contributed by atoms with Crippen LogP contribution in [0, 0.1) is 6.92 Å². The fourth-order valence-corrected chi connectivity index (χ4v) is 7.12. The number of primary amides is 1. The molecule has 0 saturated carbocycles. The zero-order valence-corrected chi connectivity index (χ0v) is 22.4. The smallest absolute Gasteiger partial charge is 0.364 e. The van der Waals surface area contributed by atoms with Crippen LogP contribution in [0.2, 0.25) is 0 Å². The Bertz CT molecular complexity index is 1380. The number of thiazole rings is 1. The third kappa shape index (κ3) is 5.57. The third-order valence-electron chi connectivity index (χ3n) is 5.64. The second-order valence-corrected chi connectivity index (χ2v) is 11.5. The number of aromatic nitrogens is 4. The van der Waals surface area contributed by atoms with Crippen LogP contribution in [0.25, 0.3) is 10.3 Å². The molecule has 1 saturated heterocycles. The van der Waals surface area contributed by atoms with Crippen LogP contribution in [0.1, 0.15) is 42.9 Å². The van der Waals surface area contributed by atoms with E-state index in [2.05, 4.69) is 20.4 Å². The maximum Gasteiger partial charge on any atom is 0.389 e. The van der Waals surface area contributed by atoms with E-state index in [9.17, 15) is 18.9 Å². The fraction of sp³-hybridized carbons (Fsp3) is 0.455. The second-order valence-electron chi connectivity index (χ2n) is 8.25. The largest absolute Gasteiger partial charge is 0.389 e. The summed E-state index contributed by atoms with van der Waals surface area (Å²) < 4.78 is 25.5. The first-order valence-corrected chi connectivity index (χ1v) is 14.1. The number of fused-ring (bicyclic) bond motifs is 1. The van der Waals surface area contributed by atoms with Gasteiger partial charge in [0.05, 0.1) is 13.2 Å². The fourth-order valence-electron chi connectivity index (χ4n) is 4.10. The number of pyridine rings is 1. The molecule has 13 nitrogen and oxygen atoms in total. The topological polar surface area (TPSA) is 172 Å². The zero-order chi connectivity index (χ0) is 26.7. The molecule has 198 valence electrons. The highest BCUT2D eigenvalue weighted by Crippen LogP contribution is 2.48. The first kappa shape index (κ1) is 26.9. The van der Waals surface area contributed by atoms with E-state index >= 15 is 0 Å². The van der Waals surface area contributed by atoms with Crippen molar-refractivity contribution in [2.24, 2.45) is 5.73 Å². The van der Waals surface area contributed by atoms with Crippen molar-refractivity contribution in [1.29, 1.82) is 0 Å². The normalized spacial score (nSPS) is 15.9. The van der Waals surface area contributed by atoms with Crippen LogP contribution in [-0.2, 0) is 29.7 Å². The molecular formula is C22H28N7O6PS. The van der Waals surface area contributed by atoms with Crippen molar-refractivity contribution in [3.05, 3.63) is 29.6 Å². The standard InChI is InChI=1S/C22H28N7O6PS/c1-4-34-36(33,35-5-2)22-26-20-18(37-22)17(19(23)31)27-29(20)12-16(30)28-11-7-9-14(28)21(32)25-15-10-6-8-13(3)24-15/h6,8,10,14H,4-5,7,9,11-12H2,1-3H3,(H2,23,31)(H,24,25,32)/t14-/m0/s1. The van der Waals surface area contributed by atoms with Gasteiger partial charge in [0, 0.05) is 12.2 Å². The highest BCUT2D eigenvalue weighted by Gasteiger charge is 2.36.